The summed E-state index contributed by atoms with van der Waals surface area (Å²) in [5, 5.41) is 1.02. The first-order valence-corrected chi connectivity index (χ1v) is 6.82. The van der Waals surface area contributed by atoms with Gasteiger partial charge < -0.3 is 9.72 Å². The molecule has 0 spiro atoms. The van der Waals surface area contributed by atoms with Gasteiger partial charge in [-0.15, -0.1) is 13.2 Å². The molecule has 0 amide bonds. The number of para-hydroxylation sites is 1. The van der Waals surface area contributed by atoms with Crippen LogP contribution in [0.5, 0.6) is 0 Å². The topological polar surface area (TPSA) is 45.3 Å². The number of aromatic nitrogens is 1. The van der Waals surface area contributed by atoms with Gasteiger partial charge in [0.15, 0.2) is 0 Å². The fraction of sp³-hybridized carbons (Fsp3) is 0.235. The Balaban J connectivity index is 2.50. The Morgan fingerprint density at radius 3 is 2.62 bits per heavy atom. The van der Waals surface area contributed by atoms with E-state index in [1.165, 1.54) is 7.11 Å². The lowest BCUT2D eigenvalue weighted by atomic mass is 10.0. The predicted molar refractivity (Wildman–Crippen MR) is 85.0 cm³/mol. The molecule has 0 radical (unpaired) electrons. The number of methoxy groups -OCH3 is 1. The van der Waals surface area contributed by atoms with E-state index in [2.05, 4.69) is 18.1 Å². The van der Waals surface area contributed by atoms with Gasteiger partial charge in [0.2, 0.25) is 0 Å². The zero-order valence-electron chi connectivity index (χ0n) is 12.2. The lowest BCUT2D eigenvalue weighted by Gasteiger charge is -2.27. The van der Waals surface area contributed by atoms with Gasteiger partial charge in [0, 0.05) is 35.8 Å². The zero-order valence-corrected chi connectivity index (χ0v) is 12.2. The largest absolute Gasteiger partial charge is 0.468 e. The second-order valence-electron chi connectivity index (χ2n) is 4.75. The standard InChI is InChI=1S/C17H20N2O2/c1-4-10-19(11-5-2)16(17(20)21-3)14-12-18-15-9-7-6-8-13(14)15/h4-9,12,16,18H,1-2,10-11H2,3H3. The van der Waals surface area contributed by atoms with Gasteiger partial charge in [-0.2, -0.15) is 0 Å². The summed E-state index contributed by atoms with van der Waals surface area (Å²) in [6.45, 7) is 8.67. The SMILES string of the molecule is C=CCN(CC=C)C(C(=O)OC)c1c[nH]c2ccccc12. The summed E-state index contributed by atoms with van der Waals surface area (Å²) in [4.78, 5) is 17.5. The molecule has 0 aliphatic rings. The Labute approximate surface area is 124 Å². The van der Waals surface area contributed by atoms with Crippen molar-refractivity contribution in [2.45, 2.75) is 6.04 Å². The molecule has 1 N–H and O–H groups in total. The molecule has 1 heterocycles. The summed E-state index contributed by atoms with van der Waals surface area (Å²) in [7, 11) is 1.41. The molecule has 1 unspecified atom stereocenters. The molecule has 2 rings (SSSR count). The molecule has 0 saturated carbocycles. The van der Waals surface area contributed by atoms with Crippen LogP contribution in [0.4, 0.5) is 0 Å². The van der Waals surface area contributed by atoms with E-state index >= 15 is 0 Å². The Morgan fingerprint density at radius 2 is 2.00 bits per heavy atom. The van der Waals surface area contributed by atoms with E-state index in [1.54, 1.807) is 12.2 Å². The van der Waals surface area contributed by atoms with Crippen LogP contribution in [0.15, 0.2) is 55.8 Å². The summed E-state index contributed by atoms with van der Waals surface area (Å²) in [5.74, 6) is -0.288. The molecule has 4 heteroatoms. The highest BCUT2D eigenvalue weighted by Gasteiger charge is 2.29. The number of benzene rings is 1. The highest BCUT2D eigenvalue weighted by molar-refractivity contribution is 5.89. The van der Waals surface area contributed by atoms with Crippen LogP contribution in [0.25, 0.3) is 10.9 Å². The van der Waals surface area contributed by atoms with Crippen LogP contribution in [0.1, 0.15) is 11.6 Å². The number of nitrogens with zero attached hydrogens (tertiary/aromatic N) is 1. The maximum Gasteiger partial charge on any atom is 0.327 e. The fourth-order valence-corrected chi connectivity index (χ4v) is 2.52. The number of esters is 1. The number of hydrogen-bond donors (Lipinski definition) is 1. The Hall–Kier alpha value is -2.33. The molecule has 0 bridgehead atoms. The van der Waals surface area contributed by atoms with E-state index in [1.807, 2.05) is 35.4 Å². The summed E-state index contributed by atoms with van der Waals surface area (Å²) < 4.78 is 5.00. The summed E-state index contributed by atoms with van der Waals surface area (Å²) in [5.41, 5.74) is 1.90. The van der Waals surface area contributed by atoms with Gasteiger partial charge in [0.1, 0.15) is 6.04 Å². The van der Waals surface area contributed by atoms with Crippen molar-refractivity contribution < 1.29 is 9.53 Å². The first kappa shape index (κ1) is 15.1. The molecule has 4 nitrogen and oxygen atoms in total. The maximum absolute atomic E-state index is 12.3. The van der Waals surface area contributed by atoms with Crippen LogP contribution in [-0.2, 0) is 9.53 Å². The van der Waals surface area contributed by atoms with Crippen molar-refractivity contribution in [2.24, 2.45) is 0 Å². The van der Waals surface area contributed by atoms with E-state index in [9.17, 15) is 4.79 Å². The molecule has 2 aromatic rings. The lowest BCUT2D eigenvalue weighted by molar-refractivity contribution is -0.146. The van der Waals surface area contributed by atoms with Crippen molar-refractivity contribution in [3.63, 3.8) is 0 Å². The van der Waals surface area contributed by atoms with Crippen LogP contribution in [-0.4, -0.2) is 36.1 Å². The van der Waals surface area contributed by atoms with Gasteiger partial charge in [-0.25, -0.2) is 4.79 Å². The van der Waals surface area contributed by atoms with Crippen molar-refractivity contribution in [1.82, 2.24) is 9.88 Å². The molecule has 21 heavy (non-hydrogen) atoms. The van der Waals surface area contributed by atoms with Gasteiger partial charge in [0.25, 0.3) is 0 Å². The second-order valence-corrected chi connectivity index (χ2v) is 4.75. The third-order valence-electron chi connectivity index (χ3n) is 3.43. The molecular weight excluding hydrogens is 264 g/mol. The number of rotatable bonds is 7. The second kappa shape index (κ2) is 6.90. The van der Waals surface area contributed by atoms with Gasteiger partial charge in [-0.3, -0.25) is 4.90 Å². The van der Waals surface area contributed by atoms with E-state index in [-0.39, 0.29) is 5.97 Å². The van der Waals surface area contributed by atoms with Gasteiger partial charge in [0.05, 0.1) is 7.11 Å². The van der Waals surface area contributed by atoms with Crippen molar-refractivity contribution in [3.05, 3.63) is 61.3 Å². The maximum atomic E-state index is 12.3. The van der Waals surface area contributed by atoms with Crippen LogP contribution in [0, 0.1) is 0 Å². The third-order valence-corrected chi connectivity index (χ3v) is 3.43. The minimum absolute atomic E-state index is 0.288. The molecule has 0 saturated heterocycles. The smallest absolute Gasteiger partial charge is 0.327 e. The van der Waals surface area contributed by atoms with Crippen LogP contribution >= 0.6 is 0 Å². The first-order chi connectivity index (χ1) is 10.2. The molecule has 110 valence electrons. The summed E-state index contributed by atoms with van der Waals surface area (Å²) in [6, 6.07) is 7.41. The highest BCUT2D eigenvalue weighted by Crippen LogP contribution is 2.29. The van der Waals surface area contributed by atoms with E-state index < -0.39 is 6.04 Å². The Morgan fingerprint density at radius 1 is 1.33 bits per heavy atom. The molecule has 1 aromatic carbocycles. The number of H-pyrrole nitrogens is 1. The van der Waals surface area contributed by atoms with Crippen LogP contribution in [0.2, 0.25) is 0 Å². The normalized spacial score (nSPS) is 12.3. The van der Waals surface area contributed by atoms with Gasteiger partial charge in [-0.1, -0.05) is 30.4 Å². The average Bonchev–Trinajstić information content (AvgIpc) is 2.92. The van der Waals surface area contributed by atoms with Crippen molar-refractivity contribution >= 4 is 16.9 Å². The minimum atomic E-state index is -0.484. The molecule has 0 aliphatic heterocycles. The Bertz CT molecular complexity index is 635. The molecule has 0 aliphatic carbocycles. The van der Waals surface area contributed by atoms with E-state index in [0.29, 0.717) is 13.1 Å². The number of carbonyl (C=O) groups excluding carboxylic acids is 1. The van der Waals surface area contributed by atoms with Crippen LogP contribution < -0.4 is 0 Å². The summed E-state index contributed by atoms with van der Waals surface area (Å²) >= 11 is 0. The number of fused-ring (bicyclic) bond motifs is 1. The molecule has 1 atom stereocenters. The van der Waals surface area contributed by atoms with Crippen molar-refractivity contribution in [1.29, 1.82) is 0 Å². The molecule has 0 fully saturated rings. The van der Waals surface area contributed by atoms with E-state index in [0.717, 1.165) is 16.5 Å². The highest BCUT2D eigenvalue weighted by atomic mass is 16.5. The minimum Gasteiger partial charge on any atom is -0.468 e. The predicted octanol–water partition coefficient (Wildman–Crippen LogP) is 3.06. The number of carbonyl (C=O) groups is 1. The lowest BCUT2D eigenvalue weighted by Crippen LogP contribution is -2.35. The Kier molecular flexibility index (Phi) is 4.95. The average molecular weight is 284 g/mol. The van der Waals surface area contributed by atoms with Crippen molar-refractivity contribution in [2.75, 3.05) is 20.2 Å². The number of aromatic amines is 1. The number of hydrogen-bond acceptors (Lipinski definition) is 3. The molecule has 1 aromatic heterocycles. The van der Waals surface area contributed by atoms with Gasteiger partial charge in [-0.05, 0) is 6.07 Å². The number of nitrogens with one attached hydrogen (secondary N) is 1. The zero-order chi connectivity index (χ0) is 15.2. The monoisotopic (exact) mass is 284 g/mol. The van der Waals surface area contributed by atoms with Crippen LogP contribution in [0.3, 0.4) is 0 Å². The molecular formula is C17H20N2O2. The van der Waals surface area contributed by atoms with Crippen molar-refractivity contribution in [3.8, 4) is 0 Å². The van der Waals surface area contributed by atoms with E-state index in [4.69, 9.17) is 4.74 Å². The third kappa shape index (κ3) is 3.06. The van der Waals surface area contributed by atoms with Gasteiger partial charge >= 0.3 is 5.97 Å². The first-order valence-electron chi connectivity index (χ1n) is 6.82. The quantitative estimate of drug-likeness (QED) is 0.628. The fourth-order valence-electron chi connectivity index (χ4n) is 2.52. The summed E-state index contributed by atoms with van der Waals surface area (Å²) in [6.07, 6.45) is 5.41. The number of ether oxygens (including phenoxy) is 1.